The molecule has 0 aliphatic carbocycles. The Morgan fingerprint density at radius 2 is 0.426 bits per heavy atom. The van der Waals surface area contributed by atoms with Crippen molar-refractivity contribution in [3.8, 4) is 0 Å². The number of hydrogen-bond donors (Lipinski definition) is 6. The van der Waals surface area contributed by atoms with E-state index in [1.807, 2.05) is 166 Å². The zero-order valence-electron chi connectivity index (χ0n) is 70.8. The SMILES string of the molecule is CC1(C)CC(OC(=O)CC(C(=O)OC2CC(C)(C)N(O)C(C)(C)C2)C(CC(=O)OC2CC(C)(C)N(O)C(C)(C)C2)C(=O)OC2CC(C)(C)N(O)C(C)(C)C2)CC(C)(C)N1O.CN1C(C)(C)CC(OC(=O)c2cc(C(=O)OC3CC(C)(C)N(O)C(C)(C)C3)cc(C(=O)OC3CC(C)(C)N(O)C(C)(C)C3)c2)CC1(C)C. The van der Waals surface area contributed by atoms with Gasteiger partial charge >= 0.3 is 41.8 Å². The van der Waals surface area contributed by atoms with Crippen LogP contribution in [0.1, 0.15) is 328 Å². The Morgan fingerprint density at radius 3 is 0.602 bits per heavy atom. The summed E-state index contributed by atoms with van der Waals surface area (Å²) < 4.78 is 42.5. The Bertz CT molecular complexity index is 3040. The van der Waals surface area contributed by atoms with E-state index >= 15 is 0 Å². The molecule has 6 N–H and O–H groups in total. The standard InChI is InChI=1S/C44H78N4O12.C37H59N3O8/c1-37(2)19-27(20-38(3,4)45(37)53)57-33(49)17-31(35(51)59-29-23-41(9,10)47(55)42(11,12)24-29)32(36(52)60-30-25-43(13,14)48(56)44(15,16)26-30)18-34(50)58-28-21-39(5,6)46(54)40(7,8)22-28;1-32(2)17-26(18-33(3,4)38(32)13)46-29(41)23-14-24(30(42)47-27-19-34(5,6)39(44)35(7,8)20-27)16-25(15-23)31(43)48-28-21-36(9,10)40(45)37(11,12)22-28/h27-32,53-56H,17-26H2,1-16H3;14-16,26-28,44-45H,17-22H2,1-13H3. The number of carbonyl (C=O) groups is 7. The van der Waals surface area contributed by atoms with Crippen LogP contribution >= 0.6 is 0 Å². The van der Waals surface area contributed by atoms with E-state index in [0.29, 0.717) is 64.2 Å². The zero-order chi connectivity index (χ0) is 82.4. The number of rotatable bonds is 17. The fourth-order valence-corrected chi connectivity index (χ4v) is 19.7. The molecule has 0 radical (unpaired) electrons. The van der Waals surface area contributed by atoms with Gasteiger partial charge in [0.25, 0.3) is 0 Å². The third-order valence-corrected chi connectivity index (χ3v) is 24.4. The van der Waals surface area contributed by atoms with Gasteiger partial charge in [0.1, 0.15) is 42.7 Å². The van der Waals surface area contributed by atoms with Gasteiger partial charge in [-0.25, -0.2) is 14.4 Å². The maximum absolute atomic E-state index is 14.7. The highest BCUT2D eigenvalue weighted by molar-refractivity contribution is 6.00. The lowest BCUT2D eigenvalue weighted by atomic mass is 9.78. The van der Waals surface area contributed by atoms with Crippen LogP contribution < -0.4 is 0 Å². The van der Waals surface area contributed by atoms with Crippen LogP contribution in [0.15, 0.2) is 18.2 Å². The quantitative estimate of drug-likeness (QED) is 0.0623. The number of esters is 7. The first-order valence-electron chi connectivity index (χ1n) is 38.9. The van der Waals surface area contributed by atoms with E-state index in [1.54, 1.807) is 0 Å². The van der Waals surface area contributed by atoms with Crippen molar-refractivity contribution >= 4 is 41.8 Å². The van der Waals surface area contributed by atoms with Crippen molar-refractivity contribution in [3.05, 3.63) is 34.9 Å². The van der Waals surface area contributed by atoms with Crippen LogP contribution in [-0.4, -0.2) is 236 Å². The van der Waals surface area contributed by atoms with E-state index in [2.05, 4.69) is 39.6 Å². The van der Waals surface area contributed by atoms with E-state index < -0.39 is 170 Å². The van der Waals surface area contributed by atoms with E-state index in [0.717, 1.165) is 0 Å². The monoisotopic (exact) mass is 1530 g/mol. The van der Waals surface area contributed by atoms with Crippen LogP contribution in [0.25, 0.3) is 0 Å². The van der Waals surface area contributed by atoms with E-state index in [-0.39, 0.29) is 59.6 Å². The molecule has 0 saturated carbocycles. The molecule has 27 nitrogen and oxygen atoms in total. The largest absolute Gasteiger partial charge is 0.462 e. The summed E-state index contributed by atoms with van der Waals surface area (Å²) in [6.45, 7) is 52.8. The van der Waals surface area contributed by atoms with Gasteiger partial charge in [0.2, 0.25) is 0 Å². The molecule has 7 saturated heterocycles. The summed E-state index contributed by atoms with van der Waals surface area (Å²) in [5.41, 5.74) is -9.05. The molecule has 616 valence electrons. The molecule has 27 heteroatoms. The molecule has 7 aliphatic rings. The lowest BCUT2D eigenvalue weighted by Gasteiger charge is -2.53. The Balaban J connectivity index is 0.000000308. The van der Waals surface area contributed by atoms with Crippen molar-refractivity contribution in [3.63, 3.8) is 0 Å². The molecular formula is C81H137N7O20. The maximum atomic E-state index is 14.7. The molecular weight excluding hydrogens is 1390 g/mol. The second-order valence-electron chi connectivity index (χ2n) is 41.5. The van der Waals surface area contributed by atoms with Gasteiger partial charge in [0, 0.05) is 167 Å². The number of hydroxylamine groups is 12. The third-order valence-electron chi connectivity index (χ3n) is 24.4. The molecule has 0 amide bonds. The van der Waals surface area contributed by atoms with Gasteiger partial charge < -0.3 is 64.4 Å². The highest BCUT2D eigenvalue weighted by Gasteiger charge is 2.55. The lowest BCUT2D eigenvalue weighted by molar-refractivity contribution is -0.262. The second-order valence-corrected chi connectivity index (χ2v) is 41.5. The van der Waals surface area contributed by atoms with Crippen molar-refractivity contribution in [1.29, 1.82) is 0 Å². The molecule has 7 fully saturated rings. The number of benzene rings is 1. The minimum absolute atomic E-state index is 0.0355. The minimum Gasteiger partial charge on any atom is -0.462 e. The first kappa shape index (κ1) is 90.2. The van der Waals surface area contributed by atoms with Crippen LogP contribution in [0.4, 0.5) is 0 Å². The van der Waals surface area contributed by atoms with E-state index in [4.69, 9.17) is 33.2 Å². The lowest BCUT2D eigenvalue weighted by Crippen LogP contribution is -2.61. The first-order valence-corrected chi connectivity index (χ1v) is 38.9. The number of carbonyl (C=O) groups excluding carboxylic acids is 7. The van der Waals surface area contributed by atoms with Gasteiger partial charge in [-0.2, -0.15) is 30.4 Å². The molecule has 1 aromatic carbocycles. The number of likely N-dealkylation sites (tertiary alicyclic amines) is 1. The molecule has 2 atom stereocenters. The van der Waals surface area contributed by atoms with Crippen molar-refractivity contribution in [1.82, 2.24) is 35.3 Å². The predicted molar refractivity (Wildman–Crippen MR) is 401 cm³/mol. The van der Waals surface area contributed by atoms with E-state index in [9.17, 15) is 64.8 Å². The van der Waals surface area contributed by atoms with Crippen molar-refractivity contribution in [2.45, 2.75) is 417 Å². The molecule has 2 unspecified atom stereocenters. The normalized spacial score (nSPS) is 27.3. The van der Waals surface area contributed by atoms with Crippen molar-refractivity contribution in [2.75, 3.05) is 7.05 Å². The van der Waals surface area contributed by atoms with Crippen LogP contribution in [-0.2, 0) is 52.3 Å². The van der Waals surface area contributed by atoms with Gasteiger partial charge in [0.15, 0.2) is 0 Å². The van der Waals surface area contributed by atoms with Crippen LogP contribution in [0.2, 0.25) is 0 Å². The zero-order valence-corrected chi connectivity index (χ0v) is 70.8. The average Bonchev–Trinajstić information content (AvgIpc) is 0.804. The van der Waals surface area contributed by atoms with Gasteiger partial charge in [-0.05, 0) is 219 Å². The topological polar surface area (TPSA) is 328 Å². The highest BCUT2D eigenvalue weighted by atomic mass is 16.6. The summed E-state index contributed by atoms with van der Waals surface area (Å²) in [5, 5.41) is 72.8. The molecule has 8 rings (SSSR count). The molecule has 7 heterocycles. The maximum Gasteiger partial charge on any atom is 0.338 e. The van der Waals surface area contributed by atoms with Crippen molar-refractivity contribution in [2.24, 2.45) is 11.8 Å². The molecule has 0 aromatic heterocycles. The molecule has 7 aliphatic heterocycles. The van der Waals surface area contributed by atoms with Crippen LogP contribution in [0.5, 0.6) is 0 Å². The van der Waals surface area contributed by atoms with Gasteiger partial charge in [0.05, 0.1) is 41.4 Å². The van der Waals surface area contributed by atoms with Crippen molar-refractivity contribution < 1.29 is 98.0 Å². The smallest absolute Gasteiger partial charge is 0.338 e. The summed E-state index contributed by atoms with van der Waals surface area (Å²) in [6, 6.07) is 4.24. The first-order chi connectivity index (χ1) is 48.6. The summed E-state index contributed by atoms with van der Waals surface area (Å²) >= 11 is 0. The predicted octanol–water partition coefficient (Wildman–Crippen LogP) is 13.4. The summed E-state index contributed by atoms with van der Waals surface area (Å²) in [4.78, 5) is 101. The summed E-state index contributed by atoms with van der Waals surface area (Å²) in [5.74, 6) is -8.43. The van der Waals surface area contributed by atoms with Crippen LogP contribution in [0.3, 0.4) is 0 Å². The van der Waals surface area contributed by atoms with Gasteiger partial charge in [-0.1, -0.05) is 0 Å². The number of nitrogens with zero attached hydrogens (tertiary/aromatic N) is 7. The minimum atomic E-state index is -1.54. The van der Waals surface area contributed by atoms with Crippen LogP contribution in [0, 0.1) is 11.8 Å². The fourth-order valence-electron chi connectivity index (χ4n) is 19.7. The molecule has 0 bridgehead atoms. The molecule has 0 spiro atoms. The Morgan fingerprint density at radius 1 is 0.278 bits per heavy atom. The number of piperidine rings is 7. The average molecular weight is 1530 g/mol. The molecule has 108 heavy (non-hydrogen) atoms. The van der Waals surface area contributed by atoms with Gasteiger partial charge in [-0.3, -0.25) is 24.1 Å². The van der Waals surface area contributed by atoms with Gasteiger partial charge in [-0.15, -0.1) is 0 Å². The Labute approximate surface area is 643 Å². The highest BCUT2D eigenvalue weighted by Crippen LogP contribution is 2.47. The summed E-state index contributed by atoms with van der Waals surface area (Å²) in [6.07, 6.45) is -0.321. The Kier molecular flexibility index (Phi) is 25.9. The second kappa shape index (κ2) is 31.1. The summed E-state index contributed by atoms with van der Waals surface area (Å²) in [7, 11) is 2.07. The molecule has 1 aromatic rings. The number of ether oxygens (including phenoxy) is 7. The number of hydrogen-bond acceptors (Lipinski definition) is 27. The Hall–Kier alpha value is -5.01. The van der Waals surface area contributed by atoms with E-state index in [1.165, 1.54) is 48.6 Å². The fraction of sp³-hybridized carbons (Fsp3) is 0.840. The third kappa shape index (κ3) is 20.7.